The van der Waals surface area contributed by atoms with Crippen LogP contribution in [0.4, 0.5) is 4.79 Å². The van der Waals surface area contributed by atoms with Gasteiger partial charge in [-0.05, 0) is 50.9 Å². The Morgan fingerprint density at radius 3 is 2.54 bits per heavy atom. The van der Waals surface area contributed by atoms with Crippen LogP contribution in [0, 0.1) is 11.8 Å². The average Bonchev–Trinajstić information content (AvgIpc) is 3.10. The number of urea groups is 1. The van der Waals surface area contributed by atoms with Gasteiger partial charge >= 0.3 is 6.03 Å². The zero-order chi connectivity index (χ0) is 16.8. The first-order valence-electron chi connectivity index (χ1n) is 10.1. The Morgan fingerprint density at radius 2 is 1.88 bits per heavy atom. The molecule has 0 aromatic carbocycles. The quantitative estimate of drug-likeness (QED) is 0.811. The molecule has 1 saturated carbocycles. The Kier molecular flexibility index (Phi) is 6.78. The van der Waals surface area contributed by atoms with E-state index in [1.54, 1.807) is 0 Å². The van der Waals surface area contributed by atoms with Gasteiger partial charge in [0.15, 0.2) is 0 Å². The summed E-state index contributed by atoms with van der Waals surface area (Å²) in [7, 11) is 0. The van der Waals surface area contributed by atoms with E-state index in [1.807, 2.05) is 0 Å². The molecule has 0 radical (unpaired) electrons. The summed E-state index contributed by atoms with van der Waals surface area (Å²) in [6.07, 6.45) is 9.89. The number of hydrogen-bond acceptors (Lipinski definition) is 3. The number of nitrogens with zero attached hydrogens (tertiary/aromatic N) is 1. The van der Waals surface area contributed by atoms with Gasteiger partial charge in [-0.15, -0.1) is 0 Å². The number of rotatable bonds is 5. The fraction of sp³-hybridized carbons (Fsp3) is 0.947. The number of ether oxygens (including phenoxy) is 1. The third-order valence-corrected chi connectivity index (χ3v) is 6.18. The molecule has 0 aromatic rings. The number of nitrogens with one attached hydrogen (secondary N) is 2. The summed E-state index contributed by atoms with van der Waals surface area (Å²) in [6, 6.07) is 0.670. The van der Waals surface area contributed by atoms with E-state index in [4.69, 9.17) is 4.74 Å². The van der Waals surface area contributed by atoms with Crippen molar-refractivity contribution < 1.29 is 9.53 Å². The first-order chi connectivity index (χ1) is 11.7. The maximum Gasteiger partial charge on any atom is 0.315 e. The molecule has 0 unspecified atom stereocenters. The molecule has 3 aliphatic rings. The highest BCUT2D eigenvalue weighted by atomic mass is 16.5. The first-order valence-corrected chi connectivity index (χ1v) is 10.1. The lowest BCUT2D eigenvalue weighted by Crippen LogP contribution is -2.51. The van der Waals surface area contributed by atoms with Crippen LogP contribution < -0.4 is 10.6 Å². The van der Waals surface area contributed by atoms with Gasteiger partial charge in [0.2, 0.25) is 0 Å². The molecule has 3 fully saturated rings. The topological polar surface area (TPSA) is 53.6 Å². The number of hydrogen-bond donors (Lipinski definition) is 2. The monoisotopic (exact) mass is 337 g/mol. The van der Waals surface area contributed by atoms with Gasteiger partial charge in [-0.3, -0.25) is 0 Å². The molecular formula is C19H35N3O2. The van der Waals surface area contributed by atoms with Crippen molar-refractivity contribution in [2.45, 2.75) is 70.4 Å². The molecule has 0 bridgehead atoms. The van der Waals surface area contributed by atoms with Gasteiger partial charge in [0.25, 0.3) is 0 Å². The minimum Gasteiger partial charge on any atom is -0.381 e. The summed E-state index contributed by atoms with van der Waals surface area (Å²) in [4.78, 5) is 14.8. The molecule has 5 nitrogen and oxygen atoms in total. The minimum absolute atomic E-state index is 0.0377. The molecule has 2 heterocycles. The Balaban J connectivity index is 1.32. The van der Waals surface area contributed by atoms with Crippen LogP contribution in [0.2, 0.25) is 0 Å². The second kappa shape index (κ2) is 9.04. The lowest BCUT2D eigenvalue weighted by molar-refractivity contribution is 0.147. The van der Waals surface area contributed by atoms with E-state index in [0.29, 0.717) is 23.9 Å². The van der Waals surface area contributed by atoms with Gasteiger partial charge in [-0.1, -0.05) is 19.3 Å². The van der Waals surface area contributed by atoms with Crippen molar-refractivity contribution in [1.82, 2.24) is 15.5 Å². The van der Waals surface area contributed by atoms with Crippen molar-refractivity contribution in [3.8, 4) is 0 Å². The van der Waals surface area contributed by atoms with Crippen LogP contribution in [-0.4, -0.2) is 55.9 Å². The third-order valence-electron chi connectivity index (χ3n) is 6.18. The molecule has 2 aliphatic heterocycles. The Morgan fingerprint density at radius 1 is 1.12 bits per heavy atom. The van der Waals surface area contributed by atoms with Crippen LogP contribution >= 0.6 is 0 Å². The van der Waals surface area contributed by atoms with Crippen LogP contribution in [-0.2, 0) is 4.74 Å². The van der Waals surface area contributed by atoms with E-state index in [-0.39, 0.29) is 6.03 Å². The molecule has 2 N–H and O–H groups in total. The molecule has 138 valence electrons. The predicted octanol–water partition coefficient (Wildman–Crippen LogP) is 2.76. The first kappa shape index (κ1) is 18.0. The van der Waals surface area contributed by atoms with E-state index < -0.39 is 0 Å². The molecule has 2 amide bonds. The zero-order valence-electron chi connectivity index (χ0n) is 15.3. The fourth-order valence-corrected chi connectivity index (χ4v) is 4.54. The van der Waals surface area contributed by atoms with Gasteiger partial charge in [-0.2, -0.15) is 0 Å². The van der Waals surface area contributed by atoms with Crippen LogP contribution in [0.15, 0.2) is 0 Å². The van der Waals surface area contributed by atoms with Gasteiger partial charge in [0.05, 0.1) is 6.61 Å². The lowest BCUT2D eigenvalue weighted by Gasteiger charge is -2.34. The van der Waals surface area contributed by atoms with Crippen molar-refractivity contribution in [3.05, 3.63) is 0 Å². The van der Waals surface area contributed by atoms with Crippen LogP contribution in [0.5, 0.6) is 0 Å². The number of carbonyl (C=O) groups excluding carboxylic acids is 1. The molecular weight excluding hydrogens is 302 g/mol. The smallest absolute Gasteiger partial charge is 0.315 e. The second-order valence-corrected chi connectivity index (χ2v) is 8.11. The Hall–Kier alpha value is -0.810. The van der Waals surface area contributed by atoms with Gasteiger partial charge in [-0.25, -0.2) is 4.79 Å². The van der Waals surface area contributed by atoms with E-state index in [2.05, 4.69) is 22.5 Å². The van der Waals surface area contributed by atoms with Crippen molar-refractivity contribution >= 4 is 6.03 Å². The number of amides is 2. The molecule has 2 atom stereocenters. The molecule has 3 rings (SSSR count). The molecule has 5 heteroatoms. The van der Waals surface area contributed by atoms with E-state index in [1.165, 1.54) is 38.5 Å². The highest BCUT2D eigenvalue weighted by Crippen LogP contribution is 2.26. The van der Waals surface area contributed by atoms with Crippen LogP contribution in [0.3, 0.4) is 0 Å². The van der Waals surface area contributed by atoms with E-state index >= 15 is 0 Å². The van der Waals surface area contributed by atoms with Gasteiger partial charge in [0.1, 0.15) is 0 Å². The Labute approximate surface area is 146 Å². The molecule has 24 heavy (non-hydrogen) atoms. The average molecular weight is 338 g/mol. The van der Waals surface area contributed by atoms with Gasteiger partial charge < -0.3 is 20.3 Å². The summed E-state index contributed by atoms with van der Waals surface area (Å²) in [5.41, 5.74) is 0. The number of carbonyl (C=O) groups is 1. The zero-order valence-corrected chi connectivity index (χ0v) is 15.3. The van der Waals surface area contributed by atoms with Crippen molar-refractivity contribution in [1.29, 1.82) is 0 Å². The SMILES string of the molecule is C[C@H](NC(=O)NC1CCN(C[C@@H]2CCOC2)CC1)C1CCCCC1. The van der Waals surface area contributed by atoms with Crippen molar-refractivity contribution in [2.24, 2.45) is 11.8 Å². The molecule has 0 aromatic heterocycles. The third kappa shape index (κ3) is 5.35. The highest BCUT2D eigenvalue weighted by molar-refractivity contribution is 5.74. The van der Waals surface area contributed by atoms with E-state index in [9.17, 15) is 4.79 Å². The number of piperidine rings is 1. The van der Waals surface area contributed by atoms with Crippen molar-refractivity contribution in [2.75, 3.05) is 32.8 Å². The largest absolute Gasteiger partial charge is 0.381 e. The maximum absolute atomic E-state index is 12.3. The standard InChI is InChI=1S/C19H35N3O2/c1-15(17-5-3-2-4-6-17)20-19(23)21-18-7-10-22(11-8-18)13-16-9-12-24-14-16/h15-18H,2-14H2,1H3,(H2,20,21,23)/t15-,16-/m0/s1. The summed E-state index contributed by atoms with van der Waals surface area (Å²) in [5, 5.41) is 6.39. The van der Waals surface area contributed by atoms with E-state index in [0.717, 1.165) is 45.7 Å². The summed E-state index contributed by atoms with van der Waals surface area (Å²) >= 11 is 0. The second-order valence-electron chi connectivity index (χ2n) is 8.11. The number of likely N-dealkylation sites (tertiary alicyclic amines) is 1. The minimum atomic E-state index is 0.0377. The maximum atomic E-state index is 12.3. The molecule has 2 saturated heterocycles. The summed E-state index contributed by atoms with van der Waals surface area (Å²) < 4.78 is 5.47. The van der Waals surface area contributed by atoms with Gasteiger partial charge in [0, 0.05) is 38.3 Å². The summed E-state index contributed by atoms with van der Waals surface area (Å²) in [6.45, 7) is 7.39. The van der Waals surface area contributed by atoms with Crippen molar-refractivity contribution in [3.63, 3.8) is 0 Å². The highest BCUT2D eigenvalue weighted by Gasteiger charge is 2.26. The normalized spacial score (nSPS) is 28.6. The lowest BCUT2D eigenvalue weighted by atomic mass is 9.84. The molecule has 1 aliphatic carbocycles. The van der Waals surface area contributed by atoms with Crippen LogP contribution in [0.25, 0.3) is 0 Å². The molecule has 0 spiro atoms. The van der Waals surface area contributed by atoms with Crippen LogP contribution in [0.1, 0.15) is 58.3 Å². The predicted molar refractivity (Wildman–Crippen MR) is 96.1 cm³/mol. The fourth-order valence-electron chi connectivity index (χ4n) is 4.54. The Bertz CT molecular complexity index is 384. The summed E-state index contributed by atoms with van der Waals surface area (Å²) in [5.74, 6) is 1.38.